The van der Waals surface area contributed by atoms with Gasteiger partial charge in [-0.25, -0.2) is 19.4 Å². The summed E-state index contributed by atoms with van der Waals surface area (Å²) in [4.78, 5) is 37.4. The summed E-state index contributed by atoms with van der Waals surface area (Å²) < 4.78 is 7.10. The van der Waals surface area contributed by atoms with Gasteiger partial charge in [-0.1, -0.05) is 42.5 Å². The molecule has 0 atom stereocenters. The summed E-state index contributed by atoms with van der Waals surface area (Å²) in [6.07, 6.45) is 7.33. The first-order chi connectivity index (χ1) is 17.2. The van der Waals surface area contributed by atoms with Gasteiger partial charge in [-0.05, 0) is 48.9 Å². The number of fused-ring (bicyclic) bond motifs is 1. The Balaban J connectivity index is 1.26. The molecule has 1 amide bonds. The molecule has 1 aliphatic rings. The lowest BCUT2D eigenvalue weighted by atomic mass is 10.0. The minimum absolute atomic E-state index is 0.295. The molecule has 0 N–H and O–H groups in total. The monoisotopic (exact) mass is 487 g/mol. The molecule has 4 aromatic rings. The average Bonchev–Trinajstić information content (AvgIpc) is 3.56. The van der Waals surface area contributed by atoms with Gasteiger partial charge in [0.15, 0.2) is 11.7 Å². The molecule has 5 rings (SSSR count). The fraction of sp³-hybridized carbons (Fsp3) is 0.269. The highest BCUT2D eigenvalue weighted by molar-refractivity contribution is 7.15. The first kappa shape index (κ1) is 22.9. The van der Waals surface area contributed by atoms with E-state index in [1.54, 1.807) is 39.4 Å². The Labute approximate surface area is 207 Å². The largest absolute Gasteiger partial charge is 0.452 e. The van der Waals surface area contributed by atoms with E-state index in [0.29, 0.717) is 23.8 Å². The number of hydrogen-bond donors (Lipinski definition) is 0. The van der Waals surface area contributed by atoms with Crippen LogP contribution in [0.15, 0.2) is 67.3 Å². The van der Waals surface area contributed by atoms with Gasteiger partial charge in [0.05, 0.1) is 24.3 Å². The highest BCUT2D eigenvalue weighted by atomic mass is 32.1. The van der Waals surface area contributed by atoms with Gasteiger partial charge in [0.25, 0.3) is 5.91 Å². The van der Waals surface area contributed by atoms with Gasteiger partial charge in [-0.2, -0.15) is 5.10 Å². The number of esters is 1. The number of nitrogens with zero attached hydrogens (tertiary/aromatic N) is 5. The van der Waals surface area contributed by atoms with Crippen molar-refractivity contribution in [3.63, 3.8) is 0 Å². The number of carbonyl (C=O) groups excluding carboxylic acids is 2. The van der Waals surface area contributed by atoms with Crippen molar-refractivity contribution in [3.8, 4) is 0 Å². The van der Waals surface area contributed by atoms with E-state index in [0.717, 1.165) is 42.5 Å². The van der Waals surface area contributed by atoms with Crippen LogP contribution in [-0.2, 0) is 35.5 Å². The summed E-state index contributed by atoms with van der Waals surface area (Å²) in [7, 11) is 0. The predicted molar refractivity (Wildman–Crippen MR) is 132 cm³/mol. The Morgan fingerprint density at radius 2 is 1.80 bits per heavy atom. The number of benzene rings is 2. The lowest BCUT2D eigenvalue weighted by molar-refractivity contribution is -0.121. The van der Waals surface area contributed by atoms with Gasteiger partial charge in [0.2, 0.25) is 0 Å². The number of thiazole rings is 1. The van der Waals surface area contributed by atoms with Gasteiger partial charge in [-0.3, -0.25) is 9.69 Å². The van der Waals surface area contributed by atoms with Crippen molar-refractivity contribution in [2.24, 2.45) is 0 Å². The Morgan fingerprint density at radius 1 is 1.00 bits per heavy atom. The number of carbonyl (C=O) groups is 2. The number of aromatic nitrogens is 4. The number of hydrogen-bond acceptors (Lipinski definition) is 7. The van der Waals surface area contributed by atoms with Crippen LogP contribution >= 0.6 is 11.3 Å². The molecule has 0 bridgehead atoms. The first-order valence-corrected chi connectivity index (χ1v) is 12.4. The number of anilines is 1. The Kier molecular flexibility index (Phi) is 6.94. The molecule has 178 valence electrons. The molecular formula is C26H25N5O3S. The maximum atomic E-state index is 13.2. The molecule has 2 heterocycles. The normalized spacial score (nSPS) is 12.7. The third kappa shape index (κ3) is 5.63. The molecule has 2 aromatic carbocycles. The van der Waals surface area contributed by atoms with Crippen LogP contribution in [0.2, 0.25) is 0 Å². The maximum Gasteiger partial charge on any atom is 0.338 e. The Bertz CT molecular complexity index is 1260. The molecule has 0 saturated heterocycles. The second-order valence-electron chi connectivity index (χ2n) is 8.41. The number of amides is 1. The summed E-state index contributed by atoms with van der Waals surface area (Å²) in [5.41, 5.74) is 3.44. The fourth-order valence-corrected chi connectivity index (χ4v) is 5.18. The van der Waals surface area contributed by atoms with Gasteiger partial charge < -0.3 is 4.74 Å². The van der Waals surface area contributed by atoms with Crippen molar-refractivity contribution < 1.29 is 14.3 Å². The van der Waals surface area contributed by atoms with Crippen molar-refractivity contribution in [2.45, 2.75) is 38.8 Å². The lowest BCUT2D eigenvalue weighted by Gasteiger charge is -2.20. The quantitative estimate of drug-likeness (QED) is 0.348. The third-order valence-corrected chi connectivity index (χ3v) is 7.06. The van der Waals surface area contributed by atoms with Crippen LogP contribution in [0.1, 0.15) is 44.9 Å². The van der Waals surface area contributed by atoms with Crippen LogP contribution < -0.4 is 4.90 Å². The molecule has 2 aromatic heterocycles. The molecule has 0 aliphatic heterocycles. The third-order valence-electron chi connectivity index (χ3n) is 5.88. The van der Waals surface area contributed by atoms with Gasteiger partial charge in [0.1, 0.15) is 12.7 Å². The molecule has 0 spiro atoms. The van der Waals surface area contributed by atoms with E-state index in [1.807, 2.05) is 42.5 Å². The molecule has 0 fully saturated rings. The zero-order chi connectivity index (χ0) is 24.0. The van der Waals surface area contributed by atoms with Crippen molar-refractivity contribution in [1.82, 2.24) is 19.7 Å². The highest BCUT2D eigenvalue weighted by Crippen LogP contribution is 2.32. The second kappa shape index (κ2) is 10.6. The smallest absolute Gasteiger partial charge is 0.338 e. The molecule has 0 saturated carbocycles. The van der Waals surface area contributed by atoms with E-state index >= 15 is 0 Å². The van der Waals surface area contributed by atoms with E-state index < -0.39 is 5.97 Å². The zero-order valence-electron chi connectivity index (χ0n) is 19.2. The van der Waals surface area contributed by atoms with Crippen LogP contribution in [0.4, 0.5) is 5.13 Å². The minimum Gasteiger partial charge on any atom is -0.452 e. The fourth-order valence-electron chi connectivity index (χ4n) is 4.02. The molecule has 9 heteroatoms. The van der Waals surface area contributed by atoms with Gasteiger partial charge >= 0.3 is 5.97 Å². The topological polar surface area (TPSA) is 90.2 Å². The molecule has 0 unspecified atom stereocenters. The summed E-state index contributed by atoms with van der Waals surface area (Å²) in [5, 5.41) is 4.74. The summed E-state index contributed by atoms with van der Waals surface area (Å²) in [5.74, 6) is -0.833. The van der Waals surface area contributed by atoms with Crippen molar-refractivity contribution in [3.05, 3.63) is 94.5 Å². The zero-order valence-corrected chi connectivity index (χ0v) is 20.0. The lowest BCUT2D eigenvalue weighted by Crippen LogP contribution is -2.34. The summed E-state index contributed by atoms with van der Waals surface area (Å²) >= 11 is 1.57. The van der Waals surface area contributed by atoms with Crippen LogP contribution in [0.5, 0.6) is 0 Å². The SMILES string of the molecule is O=C(OCC(=O)N(Cc1ccccc1)c1nc2c(s1)CCCC2)c1ccc(Cn2cncn2)cc1. The van der Waals surface area contributed by atoms with E-state index in [9.17, 15) is 9.59 Å². The first-order valence-electron chi connectivity index (χ1n) is 11.6. The number of rotatable bonds is 8. The average molecular weight is 488 g/mol. The van der Waals surface area contributed by atoms with Gasteiger partial charge in [-0.15, -0.1) is 11.3 Å². The van der Waals surface area contributed by atoms with Crippen LogP contribution in [0.3, 0.4) is 0 Å². The maximum absolute atomic E-state index is 13.2. The second-order valence-corrected chi connectivity index (χ2v) is 9.47. The van der Waals surface area contributed by atoms with Crippen LogP contribution in [-0.4, -0.2) is 38.2 Å². The molecule has 35 heavy (non-hydrogen) atoms. The Morgan fingerprint density at radius 3 is 2.54 bits per heavy atom. The molecular weight excluding hydrogens is 462 g/mol. The minimum atomic E-state index is -0.538. The summed E-state index contributed by atoms with van der Waals surface area (Å²) in [6.45, 7) is 0.581. The van der Waals surface area contributed by atoms with Crippen molar-refractivity contribution in [1.29, 1.82) is 0 Å². The van der Waals surface area contributed by atoms with E-state index in [2.05, 4.69) is 10.1 Å². The molecule has 8 nitrogen and oxygen atoms in total. The van der Waals surface area contributed by atoms with Crippen LogP contribution in [0.25, 0.3) is 0 Å². The van der Waals surface area contributed by atoms with E-state index in [1.165, 1.54) is 11.2 Å². The van der Waals surface area contributed by atoms with Gasteiger partial charge in [0, 0.05) is 4.88 Å². The summed E-state index contributed by atoms with van der Waals surface area (Å²) in [6, 6.07) is 16.8. The standard InChI is InChI=1S/C26H25N5O3S/c32-24(16-34-25(33)21-12-10-20(11-13-21)14-30-18-27-17-28-30)31(15-19-6-2-1-3-7-19)26-29-22-8-4-5-9-23(22)35-26/h1-3,6-7,10-13,17-18H,4-5,8-9,14-16H2. The van der Waals surface area contributed by atoms with Crippen molar-refractivity contribution in [2.75, 3.05) is 11.5 Å². The predicted octanol–water partition coefficient (Wildman–Crippen LogP) is 4.05. The van der Waals surface area contributed by atoms with E-state index in [-0.39, 0.29) is 12.5 Å². The van der Waals surface area contributed by atoms with Crippen molar-refractivity contribution >= 4 is 28.3 Å². The molecule has 0 radical (unpaired) electrons. The number of aryl methyl sites for hydroxylation is 2. The highest BCUT2D eigenvalue weighted by Gasteiger charge is 2.24. The molecule has 1 aliphatic carbocycles. The van der Waals surface area contributed by atoms with E-state index in [4.69, 9.17) is 9.72 Å². The van der Waals surface area contributed by atoms with Crippen LogP contribution in [0, 0.1) is 0 Å². The Hall–Kier alpha value is -3.85. The number of ether oxygens (including phenoxy) is 1.